The molecule has 0 heterocycles. The summed E-state index contributed by atoms with van der Waals surface area (Å²) in [7, 11) is -3.80. The number of rotatable bonds is 7. The van der Waals surface area contributed by atoms with Crippen LogP contribution >= 0.6 is 0 Å². The van der Waals surface area contributed by atoms with E-state index in [1.54, 1.807) is 13.8 Å². The molecule has 1 aromatic carbocycles. The van der Waals surface area contributed by atoms with Gasteiger partial charge >= 0.3 is 5.97 Å². The van der Waals surface area contributed by atoms with Crippen LogP contribution in [0.4, 0.5) is 4.39 Å². The fraction of sp³-hybridized carbons (Fsp3) is 0.462. The normalized spacial score (nSPS) is 14.8. The van der Waals surface area contributed by atoms with Gasteiger partial charge in [-0.3, -0.25) is 4.79 Å². The molecule has 0 amide bonds. The number of hydrogen-bond acceptors (Lipinski definition) is 3. The van der Waals surface area contributed by atoms with Crippen LogP contribution in [0, 0.1) is 11.7 Å². The van der Waals surface area contributed by atoms with E-state index < -0.39 is 27.9 Å². The Morgan fingerprint density at radius 3 is 2.35 bits per heavy atom. The Morgan fingerprint density at radius 1 is 1.35 bits per heavy atom. The third kappa shape index (κ3) is 4.90. The van der Waals surface area contributed by atoms with E-state index in [1.807, 2.05) is 0 Å². The van der Waals surface area contributed by atoms with E-state index in [-0.39, 0.29) is 11.7 Å². The van der Waals surface area contributed by atoms with E-state index in [1.165, 1.54) is 12.1 Å². The molecular formula is C13H18FNO4S. The molecule has 0 bridgehead atoms. The van der Waals surface area contributed by atoms with Crippen molar-refractivity contribution in [3.8, 4) is 0 Å². The molecule has 5 nitrogen and oxygen atoms in total. The van der Waals surface area contributed by atoms with Gasteiger partial charge in [-0.15, -0.1) is 0 Å². The standard InChI is InChI=1S/C13H18FNO4S/c1-3-9(2)12(13(16)17)15-20(18,19)8-10-4-6-11(14)7-5-10/h4-7,9,12,15H,3,8H2,1-2H3,(H,16,17)/t9-,12-/m0/s1. The molecule has 0 radical (unpaired) electrons. The molecule has 1 aromatic rings. The first-order chi connectivity index (χ1) is 9.25. The molecule has 0 saturated heterocycles. The van der Waals surface area contributed by atoms with Crippen LogP contribution in [0.2, 0.25) is 0 Å². The van der Waals surface area contributed by atoms with Gasteiger partial charge in [-0.1, -0.05) is 32.4 Å². The molecule has 0 unspecified atom stereocenters. The summed E-state index contributed by atoms with van der Waals surface area (Å²) >= 11 is 0. The van der Waals surface area contributed by atoms with Gasteiger partial charge in [0.2, 0.25) is 10.0 Å². The Balaban J connectivity index is 2.82. The highest BCUT2D eigenvalue weighted by Gasteiger charge is 2.28. The molecule has 0 aliphatic rings. The predicted octanol–water partition coefficient (Wildman–Crippen LogP) is 1.74. The number of halogens is 1. The summed E-state index contributed by atoms with van der Waals surface area (Å²) in [5.74, 6) is -2.37. The lowest BCUT2D eigenvalue weighted by molar-refractivity contribution is -0.140. The van der Waals surface area contributed by atoms with Gasteiger partial charge in [0.1, 0.15) is 11.9 Å². The van der Waals surface area contributed by atoms with Gasteiger partial charge in [-0.2, -0.15) is 0 Å². The monoisotopic (exact) mass is 303 g/mol. The molecule has 7 heteroatoms. The van der Waals surface area contributed by atoms with E-state index in [9.17, 15) is 17.6 Å². The molecule has 2 N–H and O–H groups in total. The minimum Gasteiger partial charge on any atom is -0.480 e. The van der Waals surface area contributed by atoms with Crippen LogP contribution in [0.25, 0.3) is 0 Å². The van der Waals surface area contributed by atoms with Gasteiger partial charge in [0, 0.05) is 0 Å². The van der Waals surface area contributed by atoms with Crippen molar-refractivity contribution in [3.63, 3.8) is 0 Å². The predicted molar refractivity (Wildman–Crippen MR) is 73.0 cm³/mol. The SMILES string of the molecule is CC[C@H](C)[C@H](NS(=O)(=O)Cc1ccc(F)cc1)C(=O)O. The Bertz CT molecular complexity index is 556. The first-order valence-corrected chi connectivity index (χ1v) is 7.87. The fourth-order valence-corrected chi connectivity index (χ4v) is 3.12. The van der Waals surface area contributed by atoms with Gasteiger partial charge < -0.3 is 5.11 Å². The van der Waals surface area contributed by atoms with E-state index in [0.717, 1.165) is 12.1 Å². The number of carbonyl (C=O) groups is 1. The number of sulfonamides is 1. The van der Waals surface area contributed by atoms with E-state index >= 15 is 0 Å². The number of hydrogen-bond donors (Lipinski definition) is 2. The molecule has 0 fully saturated rings. The van der Waals surface area contributed by atoms with Crippen LogP contribution in [-0.2, 0) is 20.6 Å². The van der Waals surface area contributed by atoms with Crippen molar-refractivity contribution in [1.29, 1.82) is 0 Å². The zero-order valence-corrected chi connectivity index (χ0v) is 12.2. The summed E-state index contributed by atoms with van der Waals surface area (Å²) in [5, 5.41) is 9.06. The van der Waals surface area contributed by atoms with Crippen LogP contribution in [0.1, 0.15) is 25.8 Å². The Labute approximate surface area is 117 Å². The highest BCUT2D eigenvalue weighted by molar-refractivity contribution is 7.88. The molecule has 0 spiro atoms. The van der Waals surface area contributed by atoms with Gasteiger partial charge in [0.15, 0.2) is 0 Å². The highest BCUT2D eigenvalue weighted by Crippen LogP contribution is 2.12. The second-order valence-electron chi connectivity index (χ2n) is 4.70. The average Bonchev–Trinajstić information content (AvgIpc) is 2.37. The van der Waals surface area contributed by atoms with Crippen LogP contribution < -0.4 is 4.72 Å². The van der Waals surface area contributed by atoms with Crippen molar-refractivity contribution in [1.82, 2.24) is 4.72 Å². The second kappa shape index (κ2) is 6.81. The first-order valence-electron chi connectivity index (χ1n) is 6.22. The van der Waals surface area contributed by atoms with Crippen molar-refractivity contribution in [2.75, 3.05) is 0 Å². The largest absolute Gasteiger partial charge is 0.480 e. The number of carboxylic acids is 1. The molecule has 0 aliphatic carbocycles. The third-order valence-corrected chi connectivity index (χ3v) is 4.38. The van der Waals surface area contributed by atoms with Crippen molar-refractivity contribution >= 4 is 16.0 Å². The maximum absolute atomic E-state index is 12.7. The molecule has 20 heavy (non-hydrogen) atoms. The Morgan fingerprint density at radius 2 is 1.90 bits per heavy atom. The summed E-state index contributed by atoms with van der Waals surface area (Å²) in [6.07, 6.45) is 0.538. The molecule has 2 atom stereocenters. The lowest BCUT2D eigenvalue weighted by Gasteiger charge is -2.20. The van der Waals surface area contributed by atoms with Crippen molar-refractivity contribution in [3.05, 3.63) is 35.6 Å². The molecule has 112 valence electrons. The van der Waals surface area contributed by atoms with Crippen LogP contribution in [-0.4, -0.2) is 25.5 Å². The Kier molecular flexibility index (Phi) is 5.64. The summed E-state index contributed by atoms with van der Waals surface area (Å²) in [6, 6.07) is 3.87. The maximum atomic E-state index is 12.7. The van der Waals surface area contributed by atoms with Crippen molar-refractivity contribution in [2.24, 2.45) is 5.92 Å². The summed E-state index contributed by atoms with van der Waals surface area (Å²) in [4.78, 5) is 11.1. The molecular weight excluding hydrogens is 285 g/mol. The van der Waals surface area contributed by atoms with Crippen molar-refractivity contribution < 1.29 is 22.7 Å². The number of benzene rings is 1. The van der Waals surface area contributed by atoms with E-state index in [2.05, 4.69) is 4.72 Å². The maximum Gasteiger partial charge on any atom is 0.322 e. The van der Waals surface area contributed by atoms with Crippen molar-refractivity contribution in [2.45, 2.75) is 32.1 Å². The molecule has 1 rings (SSSR count). The van der Waals surface area contributed by atoms with Gasteiger partial charge in [-0.05, 0) is 23.6 Å². The number of nitrogens with one attached hydrogen (secondary N) is 1. The molecule has 0 aliphatic heterocycles. The smallest absolute Gasteiger partial charge is 0.322 e. The minimum absolute atomic E-state index is 0.324. The summed E-state index contributed by atoms with van der Waals surface area (Å²) in [6.45, 7) is 3.45. The topological polar surface area (TPSA) is 83.5 Å². The summed E-state index contributed by atoms with van der Waals surface area (Å²) in [5.41, 5.74) is 0.396. The van der Waals surface area contributed by atoms with Crippen LogP contribution in [0.15, 0.2) is 24.3 Å². The van der Waals surface area contributed by atoms with Gasteiger partial charge in [0.25, 0.3) is 0 Å². The van der Waals surface area contributed by atoms with Gasteiger partial charge in [-0.25, -0.2) is 17.5 Å². The first kappa shape index (κ1) is 16.6. The number of aliphatic carboxylic acids is 1. The van der Waals surface area contributed by atoms with E-state index in [4.69, 9.17) is 5.11 Å². The lowest BCUT2D eigenvalue weighted by Crippen LogP contribution is -2.45. The second-order valence-corrected chi connectivity index (χ2v) is 6.46. The molecule has 0 aromatic heterocycles. The zero-order valence-electron chi connectivity index (χ0n) is 11.3. The van der Waals surface area contributed by atoms with Crippen LogP contribution in [0.3, 0.4) is 0 Å². The average molecular weight is 303 g/mol. The third-order valence-electron chi connectivity index (χ3n) is 3.06. The Hall–Kier alpha value is -1.47. The quantitative estimate of drug-likeness (QED) is 0.803. The lowest BCUT2D eigenvalue weighted by atomic mass is 10.0. The summed E-state index contributed by atoms with van der Waals surface area (Å²) < 4.78 is 38.8. The molecule has 0 saturated carbocycles. The van der Waals surface area contributed by atoms with Crippen LogP contribution in [0.5, 0.6) is 0 Å². The fourth-order valence-electron chi connectivity index (χ4n) is 1.68. The highest BCUT2D eigenvalue weighted by atomic mass is 32.2. The minimum atomic E-state index is -3.80. The number of carboxylic acid groups (broad SMARTS) is 1. The van der Waals surface area contributed by atoms with E-state index in [0.29, 0.717) is 12.0 Å². The van der Waals surface area contributed by atoms with Gasteiger partial charge in [0.05, 0.1) is 5.75 Å². The zero-order chi connectivity index (χ0) is 15.3.